The van der Waals surface area contributed by atoms with E-state index in [-0.39, 0.29) is 11.9 Å². The third kappa shape index (κ3) is 2.53. The average Bonchev–Trinajstić information content (AvgIpc) is 3.38. The molecule has 0 saturated heterocycles. The van der Waals surface area contributed by atoms with Gasteiger partial charge in [0.15, 0.2) is 0 Å². The van der Waals surface area contributed by atoms with E-state index >= 15 is 0 Å². The number of para-hydroxylation sites is 2. The lowest BCUT2D eigenvalue weighted by molar-refractivity contribution is 0.0692. The molecule has 0 spiro atoms. The molecule has 5 rings (SSSR count). The second kappa shape index (κ2) is 6.30. The normalized spacial score (nSPS) is 16.6. The number of benzene rings is 1. The molecule has 6 heteroatoms. The van der Waals surface area contributed by atoms with Crippen molar-refractivity contribution < 1.29 is 4.79 Å². The molecule has 1 aliphatic rings. The molecule has 26 heavy (non-hydrogen) atoms. The Labute approximate surface area is 158 Å². The number of fused-ring (bicyclic) bond motifs is 2. The summed E-state index contributed by atoms with van der Waals surface area (Å²) in [6.07, 6.45) is 2.49. The van der Waals surface area contributed by atoms with Crippen LogP contribution in [0.2, 0.25) is 0 Å². The second-order valence-corrected chi connectivity index (χ2v) is 8.19. The average molecular weight is 377 g/mol. The van der Waals surface area contributed by atoms with Crippen LogP contribution in [0.1, 0.15) is 31.8 Å². The number of hydrogen-bond acceptors (Lipinski definition) is 5. The van der Waals surface area contributed by atoms with Crippen molar-refractivity contribution in [3.63, 3.8) is 0 Å². The first kappa shape index (κ1) is 15.7. The summed E-state index contributed by atoms with van der Waals surface area (Å²) in [5.74, 6) is -0.0569. The molecule has 0 fully saturated rings. The van der Waals surface area contributed by atoms with Gasteiger partial charge in [-0.2, -0.15) is 0 Å². The maximum absolute atomic E-state index is 13.3. The van der Waals surface area contributed by atoms with Crippen molar-refractivity contribution in [3.8, 4) is 0 Å². The maximum Gasteiger partial charge on any atom is 0.274 e. The predicted molar refractivity (Wildman–Crippen MR) is 105 cm³/mol. The molecule has 0 bridgehead atoms. The lowest BCUT2D eigenvalue weighted by atomic mass is 9.98. The fourth-order valence-electron chi connectivity index (χ4n) is 3.50. The van der Waals surface area contributed by atoms with Gasteiger partial charge < -0.3 is 4.90 Å². The van der Waals surface area contributed by atoms with E-state index in [0.29, 0.717) is 12.2 Å². The minimum absolute atomic E-state index is 0.0363. The van der Waals surface area contributed by atoms with Crippen molar-refractivity contribution in [2.24, 2.45) is 0 Å². The Kier molecular flexibility index (Phi) is 3.80. The Hall–Kier alpha value is -2.57. The molecule has 4 heterocycles. The molecule has 0 radical (unpaired) electrons. The van der Waals surface area contributed by atoms with E-state index in [9.17, 15) is 4.79 Å². The summed E-state index contributed by atoms with van der Waals surface area (Å²) in [5, 5.41) is 4.18. The van der Waals surface area contributed by atoms with Gasteiger partial charge in [0.05, 0.1) is 23.3 Å². The highest BCUT2D eigenvalue weighted by molar-refractivity contribution is 7.10. The van der Waals surface area contributed by atoms with Crippen molar-refractivity contribution >= 4 is 39.6 Å². The first-order valence-electron chi connectivity index (χ1n) is 8.44. The van der Waals surface area contributed by atoms with Crippen LogP contribution in [0.25, 0.3) is 11.0 Å². The number of carbonyl (C=O) groups is 1. The molecule has 4 nitrogen and oxygen atoms in total. The van der Waals surface area contributed by atoms with E-state index in [0.717, 1.165) is 17.5 Å². The topological polar surface area (TPSA) is 46.1 Å². The van der Waals surface area contributed by atoms with Gasteiger partial charge >= 0.3 is 0 Å². The van der Waals surface area contributed by atoms with Gasteiger partial charge in [0.1, 0.15) is 5.69 Å². The van der Waals surface area contributed by atoms with Gasteiger partial charge in [-0.05, 0) is 47.0 Å². The van der Waals surface area contributed by atoms with Gasteiger partial charge in [0.25, 0.3) is 5.91 Å². The number of aromatic nitrogens is 2. The van der Waals surface area contributed by atoms with Crippen molar-refractivity contribution in [3.05, 3.63) is 80.4 Å². The van der Waals surface area contributed by atoms with Crippen molar-refractivity contribution in [1.82, 2.24) is 14.9 Å². The van der Waals surface area contributed by atoms with Gasteiger partial charge in [-0.1, -0.05) is 18.2 Å². The van der Waals surface area contributed by atoms with Crippen LogP contribution in [0, 0.1) is 0 Å². The van der Waals surface area contributed by atoms with Crippen molar-refractivity contribution in [1.29, 1.82) is 0 Å². The summed E-state index contributed by atoms with van der Waals surface area (Å²) in [4.78, 5) is 26.8. The standard InChI is InChI=1S/C20H15N3OS2/c24-20(16-12-21-14-4-1-2-5-15(14)22-16)23-9-7-17-13(8-11-26-17)19(23)18-6-3-10-25-18/h1-6,8,10-12,19H,7,9H2. The zero-order valence-electron chi connectivity index (χ0n) is 13.8. The molecular weight excluding hydrogens is 362 g/mol. The molecule has 128 valence electrons. The van der Waals surface area contributed by atoms with Crippen LogP contribution in [0.15, 0.2) is 59.4 Å². The quantitative estimate of drug-likeness (QED) is 0.515. The summed E-state index contributed by atoms with van der Waals surface area (Å²) < 4.78 is 0. The van der Waals surface area contributed by atoms with Crippen LogP contribution in [-0.4, -0.2) is 27.3 Å². The van der Waals surface area contributed by atoms with Crippen molar-refractivity contribution in [2.75, 3.05) is 6.54 Å². The SMILES string of the molecule is O=C(c1cnc2ccccc2n1)N1CCc2sccc2C1c1cccs1. The Morgan fingerprint density at radius 1 is 1.04 bits per heavy atom. The van der Waals surface area contributed by atoms with Crippen LogP contribution >= 0.6 is 22.7 Å². The molecule has 1 amide bonds. The smallest absolute Gasteiger partial charge is 0.274 e. The molecule has 1 unspecified atom stereocenters. The predicted octanol–water partition coefficient (Wildman–Crippen LogP) is 4.54. The monoisotopic (exact) mass is 377 g/mol. The maximum atomic E-state index is 13.3. The lowest BCUT2D eigenvalue weighted by Crippen LogP contribution is -2.40. The Bertz CT molecular complexity index is 1090. The number of carbonyl (C=O) groups excluding carboxylic acids is 1. The lowest BCUT2D eigenvalue weighted by Gasteiger charge is -2.35. The number of thiophene rings is 2. The van der Waals surface area contributed by atoms with Crippen LogP contribution in [-0.2, 0) is 6.42 Å². The molecule has 0 N–H and O–H groups in total. The fraction of sp³-hybridized carbons (Fsp3) is 0.150. The van der Waals surface area contributed by atoms with Crippen LogP contribution in [0.3, 0.4) is 0 Å². The number of rotatable bonds is 2. The van der Waals surface area contributed by atoms with Crippen LogP contribution in [0.4, 0.5) is 0 Å². The number of amides is 1. The number of hydrogen-bond donors (Lipinski definition) is 0. The van der Waals surface area contributed by atoms with E-state index in [1.165, 1.54) is 15.3 Å². The van der Waals surface area contributed by atoms with E-state index in [4.69, 9.17) is 0 Å². The second-order valence-electron chi connectivity index (χ2n) is 6.21. The van der Waals surface area contributed by atoms with E-state index in [1.807, 2.05) is 35.2 Å². The molecule has 1 aliphatic heterocycles. The molecule has 1 aromatic carbocycles. The molecule has 0 aliphatic carbocycles. The van der Waals surface area contributed by atoms with Gasteiger partial charge in [-0.15, -0.1) is 22.7 Å². The summed E-state index contributed by atoms with van der Waals surface area (Å²) in [5.41, 5.74) is 3.20. The highest BCUT2D eigenvalue weighted by Gasteiger charge is 2.34. The van der Waals surface area contributed by atoms with Crippen molar-refractivity contribution in [2.45, 2.75) is 12.5 Å². The van der Waals surface area contributed by atoms with E-state index < -0.39 is 0 Å². The van der Waals surface area contributed by atoms with Gasteiger partial charge in [0, 0.05) is 16.3 Å². The number of nitrogens with zero attached hydrogens (tertiary/aromatic N) is 3. The first-order valence-corrected chi connectivity index (χ1v) is 10.2. The summed E-state index contributed by atoms with van der Waals surface area (Å²) >= 11 is 3.47. The van der Waals surface area contributed by atoms with Gasteiger partial charge in [-0.3, -0.25) is 9.78 Å². The van der Waals surface area contributed by atoms with Crippen LogP contribution < -0.4 is 0 Å². The third-order valence-corrected chi connectivity index (χ3v) is 6.63. The zero-order chi connectivity index (χ0) is 17.5. The third-order valence-electron chi connectivity index (χ3n) is 4.71. The first-order chi connectivity index (χ1) is 12.8. The molecular formula is C20H15N3OS2. The molecule has 4 aromatic rings. The highest BCUT2D eigenvalue weighted by Crippen LogP contribution is 2.40. The summed E-state index contributed by atoms with van der Waals surface area (Å²) in [6, 6.07) is 13.9. The zero-order valence-corrected chi connectivity index (χ0v) is 15.5. The van der Waals surface area contributed by atoms with E-state index in [2.05, 4.69) is 32.9 Å². The minimum atomic E-state index is -0.0569. The van der Waals surface area contributed by atoms with E-state index in [1.54, 1.807) is 28.9 Å². The molecule has 3 aromatic heterocycles. The largest absolute Gasteiger partial charge is 0.325 e. The van der Waals surface area contributed by atoms with Crippen LogP contribution in [0.5, 0.6) is 0 Å². The molecule has 1 atom stereocenters. The van der Waals surface area contributed by atoms with Gasteiger partial charge in [0.2, 0.25) is 0 Å². The Morgan fingerprint density at radius 2 is 1.92 bits per heavy atom. The molecule has 0 saturated carbocycles. The Balaban J connectivity index is 1.57. The summed E-state index contributed by atoms with van der Waals surface area (Å²) in [7, 11) is 0. The van der Waals surface area contributed by atoms with Gasteiger partial charge in [-0.25, -0.2) is 4.98 Å². The summed E-state index contributed by atoms with van der Waals surface area (Å²) in [6.45, 7) is 0.698. The highest BCUT2D eigenvalue weighted by atomic mass is 32.1. The fourth-order valence-corrected chi connectivity index (χ4v) is 5.25. The Morgan fingerprint density at radius 3 is 2.77 bits per heavy atom. The minimum Gasteiger partial charge on any atom is -0.325 e.